The molecule has 2 aliphatic rings. The van der Waals surface area contributed by atoms with Crippen molar-refractivity contribution in [3.63, 3.8) is 0 Å². The molecule has 0 unspecified atom stereocenters. The number of amides is 9. The summed E-state index contributed by atoms with van der Waals surface area (Å²) in [6.45, 7) is 15.0. The fourth-order valence-electron chi connectivity index (χ4n) is 11.2. The fraction of sp³-hybridized carbons (Fsp3) is 0.726. The highest BCUT2D eigenvalue weighted by Crippen LogP contribution is 2.25. The molecule has 2 saturated heterocycles. The van der Waals surface area contributed by atoms with E-state index >= 15 is 0 Å². The lowest BCUT2D eigenvalue weighted by Gasteiger charge is -2.35. The Labute approximate surface area is 520 Å². The van der Waals surface area contributed by atoms with Gasteiger partial charge in [-0.3, -0.25) is 52.9 Å². The van der Waals surface area contributed by atoms with Crippen molar-refractivity contribution < 1.29 is 58.2 Å². The number of nitrogens with zero attached hydrogens (tertiary/aromatic N) is 5. The van der Waals surface area contributed by atoms with E-state index in [0.717, 1.165) is 47.7 Å². The predicted octanol–water partition coefficient (Wildman–Crippen LogP) is 0.713. The molecule has 0 saturated carbocycles. The number of likely N-dealkylation sites (tertiary alicyclic amines) is 2. The Bertz CT molecular complexity index is 2460. The number of hydrogen-bond donors (Lipinski definition) is 11. The second-order valence-corrected chi connectivity index (χ2v) is 25.1. The van der Waals surface area contributed by atoms with Crippen molar-refractivity contribution in [1.29, 1.82) is 0 Å². The molecular weight excluding hydrogens is 1130 g/mol. The first-order valence-electron chi connectivity index (χ1n) is 31.6. The maximum absolute atomic E-state index is 14.9. The molecule has 1 aromatic carbocycles. The van der Waals surface area contributed by atoms with Crippen LogP contribution >= 0.6 is 0 Å². The summed E-state index contributed by atoms with van der Waals surface area (Å²) in [7, 11) is 4.75. The number of hydrogen-bond acceptors (Lipinski definition) is 14. The van der Waals surface area contributed by atoms with Crippen LogP contribution in [-0.2, 0) is 54.4 Å². The summed E-state index contributed by atoms with van der Waals surface area (Å²) in [4.78, 5) is 150. The highest BCUT2D eigenvalue weighted by molar-refractivity contribution is 5.99. The zero-order valence-electron chi connectivity index (χ0n) is 53.9. The van der Waals surface area contributed by atoms with Gasteiger partial charge in [-0.15, -0.1) is 0 Å². The van der Waals surface area contributed by atoms with E-state index in [-0.39, 0.29) is 87.8 Å². The summed E-state index contributed by atoms with van der Waals surface area (Å²) in [5.41, 5.74) is 17.3. The van der Waals surface area contributed by atoms with Crippen LogP contribution in [-0.4, -0.2) is 210 Å². The maximum atomic E-state index is 14.9. The Morgan fingerprint density at radius 1 is 0.693 bits per heavy atom. The summed E-state index contributed by atoms with van der Waals surface area (Å²) in [5, 5.41) is 37.4. The molecular formula is C62H106N14O12. The lowest BCUT2D eigenvalue weighted by atomic mass is 9.95. The molecule has 0 spiro atoms. The van der Waals surface area contributed by atoms with Crippen molar-refractivity contribution >= 4 is 65.1 Å². The SMILES string of the molecule is CCCCCCCCN1CCC[C@H](C(=O)N[C@@H](Cc2ccccc2)C(=O)N[C@@H](CN(C)C)C(=O)N[C@@H](CC(C)C)C(=O)N2C[C@H](O)C[C@H]2C(=O)N(C)[C@@H](CC(C)C)C(=O)N[C@@H](CC(=O)O)C(=O)N[C@@H](CCCN=C(N)N)C(=O)N[C@H](C(N)=O)[C@@H](C)CC)C1. The van der Waals surface area contributed by atoms with Crippen molar-refractivity contribution in [3.05, 3.63) is 35.9 Å². The Morgan fingerprint density at radius 2 is 1.28 bits per heavy atom. The van der Waals surface area contributed by atoms with Gasteiger partial charge in [0.15, 0.2) is 5.96 Å². The van der Waals surface area contributed by atoms with Crippen molar-refractivity contribution in [3.8, 4) is 0 Å². The van der Waals surface area contributed by atoms with Gasteiger partial charge in [0.1, 0.15) is 48.3 Å². The van der Waals surface area contributed by atoms with E-state index in [9.17, 15) is 58.2 Å². The molecule has 0 bridgehead atoms. The number of guanidine groups is 1. The number of rotatable bonds is 39. The number of carbonyl (C=O) groups excluding carboxylic acids is 9. The summed E-state index contributed by atoms with van der Waals surface area (Å²) in [6.07, 6.45) is 6.83. The van der Waals surface area contributed by atoms with Gasteiger partial charge in [-0.1, -0.05) is 117 Å². The second-order valence-electron chi connectivity index (χ2n) is 25.1. The summed E-state index contributed by atoms with van der Waals surface area (Å²) in [5.74, 6) is -9.61. The Hall–Kier alpha value is -6.93. The van der Waals surface area contributed by atoms with Crippen LogP contribution in [0.1, 0.15) is 150 Å². The standard InChI is InChI=1S/C62H106N14O12/c1-11-13-14-15-16-20-28-75-29-22-25-42(35-75)54(81)68-45(32-41-23-18-17-19-24-41)56(83)71-48(37-73(8)9)58(85)70-47(30-38(3)4)60(87)76-36-43(77)33-50(76)61(88)74(10)49(31-39(5)6)59(86)69-46(34-51(78)79)57(84)67-44(26-21-27-66-62(64)65)55(82)72-52(53(63)80)40(7)12-2/h17-19,23-24,38-40,42-50,52,77H,11-16,20-22,25-37H2,1-10H3,(H2,63,80)(H,67,84)(H,68,81)(H,69,86)(H,70,85)(H,71,83)(H,72,82)(H,78,79)(H4,64,65,66)/t40-,42-,43+,44-,45-,46-,47-,48-,49-,50-,52-/m0/s1. The Balaban J connectivity index is 1.89. The number of likely N-dealkylation sites (N-methyl/N-ethyl adjacent to an activating group) is 2. The van der Waals surface area contributed by atoms with Gasteiger partial charge < -0.3 is 78.9 Å². The number of unbranched alkanes of at least 4 members (excludes halogenated alkanes) is 5. The first-order chi connectivity index (χ1) is 41.6. The third-order valence-electron chi connectivity index (χ3n) is 16.2. The minimum atomic E-state index is -1.80. The van der Waals surface area contributed by atoms with E-state index in [1.165, 1.54) is 32.7 Å². The number of β-amino-alcohol motifs (C(OH)–C–C–N with tert-alkyl or cyclic N) is 1. The van der Waals surface area contributed by atoms with Gasteiger partial charge in [0.05, 0.1) is 18.4 Å². The molecule has 2 heterocycles. The molecule has 2 aliphatic heterocycles. The average molecular weight is 1240 g/mol. The van der Waals surface area contributed by atoms with Crippen LogP contribution in [0.15, 0.2) is 35.3 Å². The monoisotopic (exact) mass is 1240 g/mol. The molecule has 3 rings (SSSR count). The zero-order valence-corrected chi connectivity index (χ0v) is 53.9. The topological polar surface area (TPSA) is 387 Å². The number of aliphatic hydroxyl groups is 1. The number of carboxylic acids is 1. The fourth-order valence-corrected chi connectivity index (χ4v) is 11.2. The molecule has 2 fully saturated rings. The van der Waals surface area contributed by atoms with Crippen LogP contribution in [0.2, 0.25) is 0 Å². The van der Waals surface area contributed by atoms with Crippen molar-refractivity contribution in [2.45, 2.75) is 206 Å². The van der Waals surface area contributed by atoms with Crippen LogP contribution in [0.3, 0.4) is 0 Å². The second kappa shape index (κ2) is 38.5. The van der Waals surface area contributed by atoms with E-state index in [1.807, 2.05) is 44.2 Å². The highest BCUT2D eigenvalue weighted by Gasteiger charge is 2.45. The summed E-state index contributed by atoms with van der Waals surface area (Å²) in [6, 6.07) is -1.37. The maximum Gasteiger partial charge on any atom is 0.305 e. The molecule has 496 valence electrons. The molecule has 11 atom stereocenters. The molecule has 26 heteroatoms. The van der Waals surface area contributed by atoms with Gasteiger partial charge >= 0.3 is 5.97 Å². The number of nitrogens with one attached hydrogen (secondary N) is 6. The number of aliphatic carboxylic acids is 1. The number of benzene rings is 1. The minimum absolute atomic E-state index is 0.00279. The van der Waals surface area contributed by atoms with Crippen molar-refractivity contribution in [2.75, 3.05) is 60.4 Å². The van der Waals surface area contributed by atoms with E-state index in [1.54, 1.807) is 46.7 Å². The third kappa shape index (κ3) is 26.0. The van der Waals surface area contributed by atoms with E-state index in [4.69, 9.17) is 17.2 Å². The molecule has 14 N–H and O–H groups in total. The van der Waals surface area contributed by atoms with Crippen molar-refractivity contribution in [2.24, 2.45) is 45.9 Å². The summed E-state index contributed by atoms with van der Waals surface area (Å²) < 4.78 is 0. The van der Waals surface area contributed by atoms with Gasteiger partial charge in [-0.05, 0) is 95.4 Å². The average Bonchev–Trinajstić information content (AvgIpc) is 3.19. The highest BCUT2D eigenvalue weighted by atomic mass is 16.4. The quantitative estimate of drug-likeness (QED) is 0.0246. The van der Waals surface area contributed by atoms with E-state index in [2.05, 4.69) is 48.7 Å². The number of carbonyl (C=O) groups is 10. The largest absolute Gasteiger partial charge is 0.481 e. The van der Waals surface area contributed by atoms with Gasteiger partial charge in [-0.2, -0.15) is 0 Å². The number of piperidine rings is 1. The first-order valence-corrected chi connectivity index (χ1v) is 31.6. The number of carboxylic acid groups (broad SMARTS) is 1. The van der Waals surface area contributed by atoms with Crippen LogP contribution in [0.5, 0.6) is 0 Å². The molecule has 0 radical (unpaired) electrons. The van der Waals surface area contributed by atoms with E-state index < -0.39 is 120 Å². The minimum Gasteiger partial charge on any atom is -0.481 e. The Kier molecular flexibility index (Phi) is 32.9. The number of primary amides is 1. The summed E-state index contributed by atoms with van der Waals surface area (Å²) >= 11 is 0. The number of aliphatic imine (C=N–C) groups is 1. The number of nitrogens with two attached hydrogens (primary N) is 3. The van der Waals surface area contributed by atoms with E-state index in [0.29, 0.717) is 19.4 Å². The van der Waals surface area contributed by atoms with Crippen LogP contribution in [0.25, 0.3) is 0 Å². The first kappa shape index (κ1) is 75.3. The molecule has 0 aromatic heterocycles. The Morgan fingerprint density at radius 3 is 1.89 bits per heavy atom. The molecule has 9 amide bonds. The molecule has 26 nitrogen and oxygen atoms in total. The molecule has 88 heavy (non-hydrogen) atoms. The van der Waals surface area contributed by atoms with Gasteiger partial charge in [-0.25, -0.2) is 0 Å². The zero-order chi connectivity index (χ0) is 65.8. The van der Waals surface area contributed by atoms with Crippen LogP contribution in [0.4, 0.5) is 0 Å². The number of aliphatic hydroxyl groups excluding tert-OH is 1. The lowest BCUT2D eigenvalue weighted by molar-refractivity contribution is -0.149. The molecule has 1 aromatic rings. The van der Waals surface area contributed by atoms with Gasteiger partial charge in [0, 0.05) is 46.1 Å². The third-order valence-corrected chi connectivity index (χ3v) is 16.2. The molecule has 0 aliphatic carbocycles. The van der Waals surface area contributed by atoms with Gasteiger partial charge in [0.2, 0.25) is 53.2 Å². The van der Waals surface area contributed by atoms with Crippen LogP contribution < -0.4 is 49.1 Å². The van der Waals surface area contributed by atoms with Crippen molar-refractivity contribution in [1.82, 2.24) is 51.5 Å². The smallest absolute Gasteiger partial charge is 0.305 e. The van der Waals surface area contributed by atoms with Gasteiger partial charge in [0.25, 0.3) is 0 Å². The predicted molar refractivity (Wildman–Crippen MR) is 335 cm³/mol. The normalized spacial score (nSPS) is 18.8. The van der Waals surface area contributed by atoms with Crippen LogP contribution in [0, 0.1) is 23.7 Å². The lowest BCUT2D eigenvalue weighted by Crippen LogP contribution is -2.61.